The minimum Gasteiger partial charge on any atom is -0.423 e. The number of esters is 1. The molecule has 0 atom stereocenters. The second kappa shape index (κ2) is 4.48. The lowest BCUT2D eigenvalue weighted by molar-refractivity contribution is -0.128. The van der Waals surface area contributed by atoms with Crippen molar-refractivity contribution in [2.24, 2.45) is 5.14 Å². The molecule has 0 bridgehead atoms. The molecule has 0 fully saturated rings. The number of rotatable bonds is 3. The van der Waals surface area contributed by atoms with Crippen LogP contribution in [0.25, 0.3) is 10.2 Å². The maximum atomic E-state index is 11.1. The molecule has 8 heteroatoms. The Balaban J connectivity index is 2.46. The van der Waals surface area contributed by atoms with E-state index in [1.807, 2.05) is 0 Å². The number of nitrogens with zero attached hydrogens (tertiary/aromatic N) is 1. The Kier molecular flexibility index (Phi) is 3.16. The van der Waals surface area contributed by atoms with Gasteiger partial charge in [0.05, 0.1) is 10.2 Å². The second-order valence-electron chi connectivity index (χ2n) is 3.28. The highest BCUT2D eigenvalue weighted by Crippen LogP contribution is 2.27. The number of fused-ring (bicyclic) bond motifs is 1. The lowest BCUT2D eigenvalue weighted by Gasteiger charge is -1.99. The van der Waals surface area contributed by atoms with Crippen molar-refractivity contribution in [2.45, 2.75) is 4.34 Å². The van der Waals surface area contributed by atoms with Crippen LogP contribution in [0.5, 0.6) is 5.75 Å². The average Bonchev–Trinajstić information content (AvgIpc) is 2.71. The molecular weight excluding hydrogens is 276 g/mol. The molecule has 2 aromatic rings. The highest BCUT2D eigenvalue weighted by Gasteiger charge is 2.15. The molecule has 18 heavy (non-hydrogen) atoms. The summed E-state index contributed by atoms with van der Waals surface area (Å²) in [5, 5.41) is 4.98. The number of carbonyl (C=O) groups excluding carboxylic acids is 1. The van der Waals surface area contributed by atoms with Crippen molar-refractivity contribution < 1.29 is 17.9 Å². The molecule has 2 N–H and O–H groups in total. The first-order valence-electron chi connectivity index (χ1n) is 4.68. The number of thiazole rings is 1. The van der Waals surface area contributed by atoms with Gasteiger partial charge in [-0.15, -0.1) is 11.3 Å². The maximum absolute atomic E-state index is 11.1. The summed E-state index contributed by atoms with van der Waals surface area (Å²) in [6, 6.07) is 4.60. The summed E-state index contributed by atoms with van der Waals surface area (Å²) in [7, 11) is -3.82. The molecule has 0 aliphatic rings. The third kappa shape index (κ3) is 2.55. The van der Waals surface area contributed by atoms with E-state index in [0.717, 1.165) is 17.4 Å². The van der Waals surface area contributed by atoms with E-state index in [2.05, 4.69) is 11.6 Å². The fourth-order valence-corrected chi connectivity index (χ4v) is 2.87. The zero-order chi connectivity index (χ0) is 13.3. The number of sulfonamides is 1. The molecule has 0 aliphatic carbocycles. The Bertz CT molecular complexity index is 733. The molecule has 2 rings (SSSR count). The molecule has 94 valence electrons. The summed E-state index contributed by atoms with van der Waals surface area (Å²) in [6.07, 6.45) is 1.03. The molecule has 0 saturated carbocycles. The lowest BCUT2D eigenvalue weighted by atomic mass is 10.3. The van der Waals surface area contributed by atoms with Gasteiger partial charge in [0, 0.05) is 12.1 Å². The molecule has 1 aromatic heterocycles. The molecule has 0 radical (unpaired) electrons. The number of benzene rings is 1. The van der Waals surface area contributed by atoms with Crippen LogP contribution in [0, 0.1) is 0 Å². The Labute approximate surface area is 107 Å². The van der Waals surface area contributed by atoms with Gasteiger partial charge in [0.2, 0.25) is 4.34 Å². The quantitative estimate of drug-likeness (QED) is 0.515. The summed E-state index contributed by atoms with van der Waals surface area (Å²) < 4.78 is 27.6. The minimum absolute atomic E-state index is 0.176. The number of primary sulfonamides is 1. The summed E-state index contributed by atoms with van der Waals surface area (Å²) in [5.74, 6) is -0.338. The summed E-state index contributed by atoms with van der Waals surface area (Å²) in [4.78, 5) is 14.9. The van der Waals surface area contributed by atoms with Gasteiger partial charge in [0.1, 0.15) is 5.75 Å². The maximum Gasteiger partial charge on any atom is 0.335 e. The number of nitrogens with two attached hydrogens (primary N) is 1. The number of hydrogen-bond donors (Lipinski definition) is 1. The first-order chi connectivity index (χ1) is 8.40. The van der Waals surface area contributed by atoms with Crippen molar-refractivity contribution in [2.75, 3.05) is 0 Å². The van der Waals surface area contributed by atoms with E-state index in [9.17, 15) is 13.2 Å². The van der Waals surface area contributed by atoms with Gasteiger partial charge in [0.15, 0.2) is 0 Å². The van der Waals surface area contributed by atoms with Crippen LogP contribution >= 0.6 is 11.3 Å². The number of ether oxygens (including phenoxy) is 1. The van der Waals surface area contributed by atoms with Crippen LogP contribution in [0.1, 0.15) is 0 Å². The Morgan fingerprint density at radius 3 is 2.83 bits per heavy atom. The Morgan fingerprint density at radius 2 is 2.22 bits per heavy atom. The number of hydrogen-bond acceptors (Lipinski definition) is 6. The molecule has 0 saturated heterocycles. The van der Waals surface area contributed by atoms with Gasteiger partial charge in [-0.3, -0.25) is 0 Å². The third-order valence-electron chi connectivity index (χ3n) is 1.97. The van der Waals surface area contributed by atoms with Gasteiger partial charge >= 0.3 is 5.97 Å². The summed E-state index contributed by atoms with van der Waals surface area (Å²) in [6.45, 7) is 3.27. The highest BCUT2D eigenvalue weighted by atomic mass is 32.2. The molecular formula is C10H8N2O4S2. The van der Waals surface area contributed by atoms with Crippen LogP contribution in [0.15, 0.2) is 35.2 Å². The van der Waals surface area contributed by atoms with Crippen LogP contribution in [0.4, 0.5) is 0 Å². The molecule has 1 aromatic carbocycles. The molecule has 0 spiro atoms. The predicted octanol–water partition coefficient (Wildman–Crippen LogP) is 1.04. The van der Waals surface area contributed by atoms with Crippen molar-refractivity contribution in [1.82, 2.24) is 4.98 Å². The normalized spacial score (nSPS) is 11.4. The van der Waals surface area contributed by atoms with Crippen molar-refractivity contribution in [3.05, 3.63) is 30.9 Å². The van der Waals surface area contributed by atoms with E-state index < -0.39 is 16.0 Å². The van der Waals surface area contributed by atoms with Gasteiger partial charge in [0.25, 0.3) is 10.0 Å². The average molecular weight is 284 g/mol. The van der Waals surface area contributed by atoms with E-state index >= 15 is 0 Å². The van der Waals surface area contributed by atoms with Gasteiger partial charge in [-0.05, 0) is 12.1 Å². The zero-order valence-electron chi connectivity index (χ0n) is 8.99. The van der Waals surface area contributed by atoms with Crippen LogP contribution in [-0.2, 0) is 14.8 Å². The standard InChI is InChI=1S/C10H8N2O4S2/c1-2-9(13)16-6-3-4-8-7(5-6)12-10(17-8)18(11,14)15/h2-5H,1H2,(H2,11,14,15). The van der Waals surface area contributed by atoms with Crippen LogP contribution in [-0.4, -0.2) is 19.4 Å². The molecule has 1 heterocycles. The predicted molar refractivity (Wildman–Crippen MR) is 66.8 cm³/mol. The van der Waals surface area contributed by atoms with E-state index in [1.54, 1.807) is 6.07 Å². The molecule has 0 amide bonds. The van der Waals surface area contributed by atoms with E-state index in [0.29, 0.717) is 10.2 Å². The third-order valence-corrected chi connectivity index (χ3v) is 4.32. The van der Waals surface area contributed by atoms with Gasteiger partial charge < -0.3 is 4.74 Å². The summed E-state index contributed by atoms with van der Waals surface area (Å²) in [5.41, 5.74) is 0.401. The largest absolute Gasteiger partial charge is 0.423 e. The van der Waals surface area contributed by atoms with Gasteiger partial charge in [-0.25, -0.2) is 23.3 Å². The molecule has 0 aliphatic heterocycles. The molecule has 0 unspecified atom stereocenters. The smallest absolute Gasteiger partial charge is 0.335 e. The van der Waals surface area contributed by atoms with Crippen LogP contribution in [0.3, 0.4) is 0 Å². The van der Waals surface area contributed by atoms with Crippen molar-refractivity contribution >= 4 is 37.5 Å². The van der Waals surface area contributed by atoms with Gasteiger partial charge in [-0.2, -0.15) is 0 Å². The monoisotopic (exact) mass is 284 g/mol. The highest BCUT2D eigenvalue weighted by molar-refractivity contribution is 7.91. The van der Waals surface area contributed by atoms with Gasteiger partial charge in [-0.1, -0.05) is 6.58 Å². The van der Waals surface area contributed by atoms with Crippen LogP contribution < -0.4 is 9.88 Å². The minimum atomic E-state index is -3.82. The SMILES string of the molecule is C=CC(=O)Oc1ccc2sc(S(N)(=O)=O)nc2c1. The van der Waals surface area contributed by atoms with Crippen molar-refractivity contribution in [1.29, 1.82) is 0 Å². The fourth-order valence-electron chi connectivity index (χ4n) is 1.23. The Morgan fingerprint density at radius 1 is 1.50 bits per heavy atom. The molecule has 6 nitrogen and oxygen atoms in total. The first kappa shape index (κ1) is 12.7. The van der Waals surface area contributed by atoms with Crippen molar-refractivity contribution in [3.8, 4) is 5.75 Å². The second-order valence-corrected chi connectivity index (χ2v) is 6.05. The van der Waals surface area contributed by atoms with E-state index in [4.69, 9.17) is 9.88 Å². The van der Waals surface area contributed by atoms with Crippen molar-refractivity contribution in [3.63, 3.8) is 0 Å². The number of carbonyl (C=O) groups is 1. The van der Waals surface area contributed by atoms with Crippen LogP contribution in [0.2, 0.25) is 0 Å². The number of aromatic nitrogens is 1. The van der Waals surface area contributed by atoms with E-state index in [-0.39, 0.29) is 10.1 Å². The summed E-state index contributed by atoms with van der Waals surface area (Å²) >= 11 is 0.953. The first-order valence-corrected chi connectivity index (χ1v) is 7.04. The topological polar surface area (TPSA) is 99.4 Å². The zero-order valence-corrected chi connectivity index (χ0v) is 10.6. The lowest BCUT2D eigenvalue weighted by Crippen LogP contribution is -2.11. The van der Waals surface area contributed by atoms with E-state index in [1.165, 1.54) is 12.1 Å². The fraction of sp³-hybridized carbons (Fsp3) is 0. The Hall–Kier alpha value is -1.77.